The highest BCUT2D eigenvalue weighted by Crippen LogP contribution is 2.35. The van der Waals surface area contributed by atoms with E-state index in [1.54, 1.807) is 13.8 Å². The maximum atomic E-state index is 13.2. The average Bonchev–Trinajstić information content (AvgIpc) is 3.00. The monoisotopic (exact) mass is 370 g/mol. The Morgan fingerprint density at radius 1 is 1.33 bits per heavy atom. The van der Waals surface area contributed by atoms with Gasteiger partial charge in [0.1, 0.15) is 11.8 Å². The first-order chi connectivity index (χ1) is 11.0. The molecule has 6 nitrogen and oxygen atoms in total. The Hall–Kier alpha value is -1.68. The minimum absolute atomic E-state index is 0.0220. The Kier molecular flexibility index (Phi) is 4.91. The molecule has 0 unspecified atom stereocenters. The SMILES string of the molecule is Cc1nn([C@H](C)C(=O)N2N=C(C(F)F)C[C@]2(O)C(F)F)c(C)c1Cl. The van der Waals surface area contributed by atoms with Gasteiger partial charge < -0.3 is 5.11 Å². The van der Waals surface area contributed by atoms with E-state index >= 15 is 0 Å². The van der Waals surface area contributed by atoms with Gasteiger partial charge >= 0.3 is 0 Å². The number of hydrogen-bond acceptors (Lipinski definition) is 4. The second kappa shape index (κ2) is 6.32. The summed E-state index contributed by atoms with van der Waals surface area (Å²) >= 11 is 5.97. The molecule has 0 saturated heterocycles. The van der Waals surface area contributed by atoms with Gasteiger partial charge in [-0.25, -0.2) is 17.6 Å². The number of rotatable bonds is 4. The van der Waals surface area contributed by atoms with E-state index in [1.807, 2.05) is 0 Å². The zero-order valence-electron chi connectivity index (χ0n) is 13.0. The molecule has 0 spiro atoms. The number of aryl methyl sites for hydroxylation is 1. The van der Waals surface area contributed by atoms with Gasteiger partial charge in [0, 0.05) is 6.42 Å². The number of amides is 1. The Bertz CT molecular complexity index is 694. The number of nitrogens with zero attached hydrogens (tertiary/aromatic N) is 4. The number of halogens is 5. The lowest BCUT2D eigenvalue weighted by Crippen LogP contribution is -2.53. The molecule has 1 N–H and O–H groups in total. The van der Waals surface area contributed by atoms with Crippen LogP contribution in [0.1, 0.15) is 30.8 Å². The predicted octanol–water partition coefficient (Wildman–Crippen LogP) is 2.52. The first-order valence-corrected chi connectivity index (χ1v) is 7.29. The van der Waals surface area contributed by atoms with Gasteiger partial charge in [0.05, 0.1) is 16.4 Å². The summed E-state index contributed by atoms with van der Waals surface area (Å²) in [4.78, 5) is 12.5. The van der Waals surface area contributed by atoms with Gasteiger partial charge in [-0.2, -0.15) is 15.2 Å². The lowest BCUT2D eigenvalue weighted by Gasteiger charge is -2.31. The maximum absolute atomic E-state index is 13.2. The Morgan fingerprint density at radius 3 is 2.33 bits per heavy atom. The number of hydrazone groups is 1. The highest BCUT2D eigenvalue weighted by Gasteiger charge is 2.54. The summed E-state index contributed by atoms with van der Waals surface area (Å²) in [7, 11) is 0. The summed E-state index contributed by atoms with van der Waals surface area (Å²) in [5.41, 5.74) is -3.29. The van der Waals surface area contributed by atoms with Crippen LogP contribution in [0.25, 0.3) is 0 Å². The van der Waals surface area contributed by atoms with Crippen LogP contribution in [0.4, 0.5) is 17.6 Å². The molecule has 0 radical (unpaired) electrons. The van der Waals surface area contributed by atoms with Gasteiger partial charge in [0.25, 0.3) is 18.8 Å². The van der Waals surface area contributed by atoms with Crippen LogP contribution in [-0.4, -0.2) is 50.1 Å². The van der Waals surface area contributed by atoms with E-state index in [0.29, 0.717) is 11.4 Å². The van der Waals surface area contributed by atoms with Gasteiger partial charge in [0.15, 0.2) is 0 Å². The molecule has 0 aromatic carbocycles. The van der Waals surface area contributed by atoms with Crippen molar-refractivity contribution in [3.63, 3.8) is 0 Å². The van der Waals surface area contributed by atoms with Crippen molar-refractivity contribution in [2.45, 2.75) is 51.8 Å². The molecule has 1 aliphatic rings. The Labute approximate surface area is 139 Å². The van der Waals surface area contributed by atoms with Crippen molar-refractivity contribution in [1.29, 1.82) is 0 Å². The predicted molar refractivity (Wildman–Crippen MR) is 77.3 cm³/mol. The molecule has 0 saturated carbocycles. The van der Waals surface area contributed by atoms with Crippen molar-refractivity contribution in [3.8, 4) is 0 Å². The Balaban J connectivity index is 2.40. The molecule has 1 aromatic heterocycles. The summed E-state index contributed by atoms with van der Waals surface area (Å²) in [5, 5.41) is 17.5. The third kappa shape index (κ3) is 2.88. The van der Waals surface area contributed by atoms with Crippen LogP contribution in [0.2, 0.25) is 5.02 Å². The van der Waals surface area contributed by atoms with Gasteiger partial charge in [-0.15, -0.1) is 0 Å². The van der Waals surface area contributed by atoms with Crippen molar-refractivity contribution in [2.24, 2.45) is 5.10 Å². The van der Waals surface area contributed by atoms with E-state index in [-0.39, 0.29) is 10.0 Å². The van der Waals surface area contributed by atoms with Crippen molar-refractivity contribution in [2.75, 3.05) is 0 Å². The first-order valence-electron chi connectivity index (χ1n) is 6.92. The number of hydrogen-bond donors (Lipinski definition) is 1. The number of aromatic nitrogens is 2. The summed E-state index contributed by atoms with van der Waals surface area (Å²) < 4.78 is 53.1. The van der Waals surface area contributed by atoms with Gasteiger partial charge in [-0.1, -0.05) is 11.6 Å². The van der Waals surface area contributed by atoms with E-state index < -0.39 is 42.7 Å². The zero-order valence-corrected chi connectivity index (χ0v) is 13.7. The molecule has 24 heavy (non-hydrogen) atoms. The van der Waals surface area contributed by atoms with Crippen LogP contribution in [0.3, 0.4) is 0 Å². The largest absolute Gasteiger partial charge is 0.364 e. The third-order valence-electron chi connectivity index (χ3n) is 3.81. The molecule has 2 rings (SSSR count). The van der Waals surface area contributed by atoms with Crippen LogP contribution in [-0.2, 0) is 4.79 Å². The molecule has 0 fully saturated rings. The molecule has 0 bridgehead atoms. The van der Waals surface area contributed by atoms with Crippen LogP contribution in [0.5, 0.6) is 0 Å². The first kappa shape index (κ1) is 18.7. The molecule has 2 heterocycles. The summed E-state index contributed by atoms with van der Waals surface area (Å²) in [6, 6.07) is -1.18. The fourth-order valence-electron chi connectivity index (χ4n) is 2.42. The quantitative estimate of drug-likeness (QED) is 0.828. The van der Waals surface area contributed by atoms with Crippen molar-refractivity contribution in [3.05, 3.63) is 16.4 Å². The summed E-state index contributed by atoms with van der Waals surface area (Å²) in [6.45, 7) is 4.46. The van der Waals surface area contributed by atoms with Gasteiger partial charge in [-0.05, 0) is 20.8 Å². The van der Waals surface area contributed by atoms with Crippen molar-refractivity contribution >= 4 is 23.2 Å². The molecule has 1 amide bonds. The minimum atomic E-state index is -3.47. The van der Waals surface area contributed by atoms with Gasteiger partial charge in [0.2, 0.25) is 5.72 Å². The van der Waals surface area contributed by atoms with E-state index in [9.17, 15) is 27.5 Å². The fourth-order valence-corrected chi connectivity index (χ4v) is 2.55. The summed E-state index contributed by atoms with van der Waals surface area (Å²) in [6.07, 6.45) is -7.76. The summed E-state index contributed by atoms with van der Waals surface area (Å²) in [5.74, 6) is -1.10. The standard InChI is InChI=1S/C13H15ClF4N4O2/c1-5-9(14)6(2)21(19-5)7(3)11(23)22-13(24,12(17)18)4-8(20-22)10(15)16/h7,10,12,24H,4H2,1-3H3/t7-,13+/m1/s1. The number of aliphatic hydroxyl groups is 1. The highest BCUT2D eigenvalue weighted by atomic mass is 35.5. The highest BCUT2D eigenvalue weighted by molar-refractivity contribution is 6.31. The topological polar surface area (TPSA) is 70.7 Å². The number of carbonyl (C=O) groups is 1. The molecule has 11 heteroatoms. The van der Waals surface area contributed by atoms with Crippen LogP contribution < -0.4 is 0 Å². The molecule has 1 aromatic rings. The fraction of sp³-hybridized carbons (Fsp3) is 0.615. The molecular formula is C13H15ClF4N4O2. The molecule has 1 aliphatic heterocycles. The maximum Gasteiger partial charge on any atom is 0.287 e. The van der Waals surface area contributed by atoms with E-state index in [2.05, 4.69) is 10.2 Å². The van der Waals surface area contributed by atoms with Crippen LogP contribution in [0.15, 0.2) is 5.10 Å². The smallest absolute Gasteiger partial charge is 0.287 e. The lowest BCUT2D eigenvalue weighted by molar-refractivity contribution is -0.194. The lowest BCUT2D eigenvalue weighted by atomic mass is 10.1. The molecule has 134 valence electrons. The van der Waals surface area contributed by atoms with E-state index in [1.165, 1.54) is 11.6 Å². The number of alkyl halides is 4. The van der Waals surface area contributed by atoms with Crippen LogP contribution in [0, 0.1) is 13.8 Å². The molecule has 0 aliphatic carbocycles. The molecular weight excluding hydrogens is 356 g/mol. The normalized spacial score (nSPS) is 22.5. The second-order valence-corrected chi connectivity index (χ2v) is 5.88. The van der Waals surface area contributed by atoms with Gasteiger partial charge in [-0.3, -0.25) is 9.48 Å². The van der Waals surface area contributed by atoms with E-state index in [4.69, 9.17) is 11.6 Å². The van der Waals surface area contributed by atoms with E-state index in [0.717, 1.165) is 0 Å². The zero-order chi connectivity index (χ0) is 18.4. The van der Waals surface area contributed by atoms with Crippen molar-refractivity contribution in [1.82, 2.24) is 14.8 Å². The third-order valence-corrected chi connectivity index (χ3v) is 4.35. The van der Waals surface area contributed by atoms with Crippen LogP contribution >= 0.6 is 11.6 Å². The average molecular weight is 371 g/mol. The Morgan fingerprint density at radius 2 is 1.92 bits per heavy atom. The number of carbonyl (C=O) groups excluding carboxylic acids is 1. The second-order valence-electron chi connectivity index (χ2n) is 5.50. The minimum Gasteiger partial charge on any atom is -0.364 e. The molecule has 2 atom stereocenters. The van der Waals surface area contributed by atoms with Crippen molar-refractivity contribution < 1.29 is 27.5 Å².